The van der Waals surface area contributed by atoms with Crippen LogP contribution in [0.15, 0.2) is 11.0 Å². The molecule has 0 unspecified atom stereocenters. The molecule has 1 aliphatic rings. The van der Waals surface area contributed by atoms with Crippen molar-refractivity contribution in [2.45, 2.75) is 31.1 Å². The minimum atomic E-state index is -3.87. The highest BCUT2D eigenvalue weighted by atomic mass is 32.2. The van der Waals surface area contributed by atoms with Crippen LogP contribution in [0.25, 0.3) is 0 Å². The van der Waals surface area contributed by atoms with Gasteiger partial charge in [0.15, 0.2) is 0 Å². The van der Waals surface area contributed by atoms with E-state index in [1.807, 2.05) is 0 Å². The predicted octanol–water partition coefficient (Wildman–Crippen LogP) is 1.70. The first kappa shape index (κ1) is 16.9. The molecule has 0 aromatic carbocycles. The van der Waals surface area contributed by atoms with Crippen molar-refractivity contribution in [1.29, 1.82) is 0 Å². The molecule has 1 saturated heterocycles. The van der Waals surface area contributed by atoms with Gasteiger partial charge in [0.2, 0.25) is 16.4 Å². The van der Waals surface area contributed by atoms with E-state index in [-0.39, 0.29) is 36.5 Å². The average Bonchev–Trinajstić information content (AvgIpc) is 2.76. The molecule has 6 nitrogen and oxygen atoms in total. The summed E-state index contributed by atoms with van der Waals surface area (Å²) in [5.41, 5.74) is 0.187. The molecule has 2 rings (SSSR count). The molecule has 1 aromatic heterocycles. The fraction of sp³-hybridized carbons (Fsp3) is 0.615. The van der Waals surface area contributed by atoms with E-state index in [9.17, 15) is 22.0 Å². The van der Waals surface area contributed by atoms with Gasteiger partial charge in [0.05, 0.1) is 0 Å². The molecular formula is C13H18F2N2O4S. The fourth-order valence-electron chi connectivity index (χ4n) is 2.64. The number of carboxylic acid groups (broad SMARTS) is 1. The third kappa shape index (κ3) is 2.87. The van der Waals surface area contributed by atoms with Crippen LogP contribution in [0.2, 0.25) is 0 Å². The quantitative estimate of drug-likeness (QED) is 0.907. The maximum Gasteiger partial charge on any atom is 0.352 e. The number of aromatic carboxylic acids is 1. The Morgan fingerprint density at radius 3 is 2.32 bits per heavy atom. The second-order valence-electron chi connectivity index (χ2n) is 5.42. The van der Waals surface area contributed by atoms with Crippen LogP contribution in [0.5, 0.6) is 0 Å². The third-order valence-corrected chi connectivity index (χ3v) is 6.19. The summed E-state index contributed by atoms with van der Waals surface area (Å²) in [7, 11) is -2.40. The SMILES string of the molecule is Cc1c(S(=O)(=O)N2CCC(C(F)F)CC2)cc(C(=O)O)n1C. The van der Waals surface area contributed by atoms with Gasteiger partial charge < -0.3 is 9.67 Å². The molecule has 0 saturated carbocycles. The summed E-state index contributed by atoms with van der Waals surface area (Å²) < 4.78 is 52.9. The smallest absolute Gasteiger partial charge is 0.352 e. The highest BCUT2D eigenvalue weighted by Gasteiger charge is 2.35. The van der Waals surface area contributed by atoms with E-state index in [0.717, 1.165) is 10.4 Å². The van der Waals surface area contributed by atoms with Crippen molar-refractivity contribution in [3.8, 4) is 0 Å². The topological polar surface area (TPSA) is 79.6 Å². The molecule has 0 amide bonds. The lowest BCUT2D eigenvalue weighted by molar-refractivity contribution is 0.0490. The van der Waals surface area contributed by atoms with Crippen molar-refractivity contribution in [3.05, 3.63) is 17.5 Å². The van der Waals surface area contributed by atoms with Gasteiger partial charge in [0.1, 0.15) is 10.6 Å². The van der Waals surface area contributed by atoms with Gasteiger partial charge in [-0.15, -0.1) is 0 Å². The molecule has 124 valence electrons. The second-order valence-corrected chi connectivity index (χ2v) is 7.33. The minimum Gasteiger partial charge on any atom is -0.477 e. The van der Waals surface area contributed by atoms with E-state index in [1.165, 1.54) is 18.5 Å². The number of halogens is 2. The lowest BCUT2D eigenvalue weighted by Crippen LogP contribution is -2.40. The van der Waals surface area contributed by atoms with Crippen molar-refractivity contribution in [3.63, 3.8) is 0 Å². The van der Waals surface area contributed by atoms with E-state index in [2.05, 4.69) is 0 Å². The normalized spacial score (nSPS) is 18.0. The molecule has 1 aliphatic heterocycles. The standard InChI is InChI=1S/C13H18F2N2O4S/c1-8-11(7-10(13(18)19)16(8)2)22(20,21)17-5-3-9(4-6-17)12(14)15/h7,9,12H,3-6H2,1-2H3,(H,18,19). The number of aromatic nitrogens is 1. The Morgan fingerprint density at radius 2 is 1.91 bits per heavy atom. The molecule has 0 radical (unpaired) electrons. The maximum absolute atomic E-state index is 12.6. The number of piperidine rings is 1. The van der Waals surface area contributed by atoms with E-state index < -0.39 is 28.3 Å². The highest BCUT2D eigenvalue weighted by molar-refractivity contribution is 7.89. The van der Waals surface area contributed by atoms with Gasteiger partial charge in [0.25, 0.3) is 0 Å². The molecule has 2 heterocycles. The van der Waals surface area contributed by atoms with Gasteiger partial charge in [0, 0.05) is 31.7 Å². The lowest BCUT2D eigenvalue weighted by atomic mass is 9.99. The Bertz CT molecular complexity index is 676. The van der Waals surface area contributed by atoms with Gasteiger partial charge in [-0.2, -0.15) is 4.31 Å². The van der Waals surface area contributed by atoms with Gasteiger partial charge in [-0.25, -0.2) is 22.0 Å². The van der Waals surface area contributed by atoms with Crippen LogP contribution >= 0.6 is 0 Å². The van der Waals surface area contributed by atoms with E-state index in [0.29, 0.717) is 5.69 Å². The number of rotatable bonds is 4. The predicted molar refractivity (Wildman–Crippen MR) is 74.6 cm³/mol. The zero-order chi connectivity index (χ0) is 16.7. The summed E-state index contributed by atoms with van der Waals surface area (Å²) in [6.45, 7) is 1.56. The average molecular weight is 336 g/mol. The second kappa shape index (κ2) is 5.96. The van der Waals surface area contributed by atoms with Crippen LogP contribution in [0.3, 0.4) is 0 Å². The molecule has 0 aliphatic carbocycles. The Labute approximate surface area is 127 Å². The Hall–Kier alpha value is -1.48. The number of sulfonamides is 1. The van der Waals surface area contributed by atoms with Gasteiger partial charge in [-0.05, 0) is 25.8 Å². The van der Waals surface area contributed by atoms with Gasteiger partial charge >= 0.3 is 5.97 Å². The summed E-state index contributed by atoms with van der Waals surface area (Å²) in [6.07, 6.45) is -2.23. The molecule has 0 bridgehead atoms. The summed E-state index contributed by atoms with van der Waals surface area (Å²) in [6, 6.07) is 1.12. The number of alkyl halides is 2. The zero-order valence-electron chi connectivity index (χ0n) is 12.3. The summed E-state index contributed by atoms with van der Waals surface area (Å²) in [4.78, 5) is 11.0. The van der Waals surface area contributed by atoms with E-state index >= 15 is 0 Å². The van der Waals surface area contributed by atoms with Gasteiger partial charge in [-0.1, -0.05) is 0 Å². The van der Waals surface area contributed by atoms with Crippen LogP contribution in [0.4, 0.5) is 8.78 Å². The van der Waals surface area contributed by atoms with E-state index in [1.54, 1.807) is 0 Å². The largest absolute Gasteiger partial charge is 0.477 e. The molecular weight excluding hydrogens is 318 g/mol. The molecule has 1 fully saturated rings. The Balaban J connectivity index is 2.29. The van der Waals surface area contributed by atoms with Crippen LogP contribution in [0.1, 0.15) is 29.0 Å². The molecule has 9 heteroatoms. The highest BCUT2D eigenvalue weighted by Crippen LogP contribution is 2.29. The lowest BCUT2D eigenvalue weighted by Gasteiger charge is -2.30. The fourth-order valence-corrected chi connectivity index (χ4v) is 4.39. The summed E-state index contributed by atoms with van der Waals surface area (Å²) in [5.74, 6) is -2.00. The first-order valence-electron chi connectivity index (χ1n) is 6.84. The summed E-state index contributed by atoms with van der Waals surface area (Å²) in [5, 5.41) is 9.06. The van der Waals surface area contributed by atoms with Crippen LogP contribution in [-0.2, 0) is 17.1 Å². The first-order valence-corrected chi connectivity index (χ1v) is 8.28. The molecule has 0 atom stereocenters. The van der Waals surface area contributed by atoms with Gasteiger partial charge in [-0.3, -0.25) is 0 Å². The third-order valence-electron chi connectivity index (χ3n) is 4.18. The maximum atomic E-state index is 12.6. The Morgan fingerprint density at radius 1 is 1.36 bits per heavy atom. The molecule has 1 aromatic rings. The van der Waals surface area contributed by atoms with E-state index in [4.69, 9.17) is 5.11 Å². The number of nitrogens with zero attached hydrogens (tertiary/aromatic N) is 2. The number of carbonyl (C=O) groups is 1. The number of hydrogen-bond acceptors (Lipinski definition) is 3. The van der Waals surface area contributed by atoms with Crippen molar-refractivity contribution >= 4 is 16.0 Å². The molecule has 22 heavy (non-hydrogen) atoms. The molecule has 0 spiro atoms. The van der Waals surface area contributed by atoms with Crippen LogP contribution in [0, 0.1) is 12.8 Å². The monoisotopic (exact) mass is 336 g/mol. The number of carboxylic acids is 1. The van der Waals surface area contributed by atoms with Crippen LogP contribution < -0.4 is 0 Å². The van der Waals surface area contributed by atoms with Crippen molar-refractivity contribution in [2.75, 3.05) is 13.1 Å². The first-order chi connectivity index (χ1) is 10.2. The molecule has 1 N–H and O–H groups in total. The summed E-state index contributed by atoms with van der Waals surface area (Å²) >= 11 is 0. The minimum absolute atomic E-state index is 0.0219. The van der Waals surface area contributed by atoms with Crippen LogP contribution in [-0.4, -0.2) is 47.9 Å². The van der Waals surface area contributed by atoms with Crippen molar-refractivity contribution in [2.24, 2.45) is 13.0 Å². The number of hydrogen-bond donors (Lipinski definition) is 1. The zero-order valence-corrected chi connectivity index (χ0v) is 13.1. The van der Waals surface area contributed by atoms with Crippen molar-refractivity contribution in [1.82, 2.24) is 8.87 Å². The van der Waals surface area contributed by atoms with Crippen molar-refractivity contribution < 1.29 is 27.1 Å². The Kier molecular flexibility index (Phi) is 4.57.